The first-order valence-corrected chi connectivity index (χ1v) is 5.32. The van der Waals surface area contributed by atoms with Gasteiger partial charge in [0.25, 0.3) is 5.91 Å². The SMILES string of the molecule is C=C(Br)CNC(=O)c1ccc(OC)c(O)c1. The van der Waals surface area contributed by atoms with Gasteiger partial charge in [0, 0.05) is 16.6 Å². The third kappa shape index (κ3) is 3.27. The normalized spacial score (nSPS) is 9.62. The Morgan fingerprint density at radius 3 is 2.81 bits per heavy atom. The number of amides is 1. The van der Waals surface area contributed by atoms with Crippen LogP contribution in [0.25, 0.3) is 0 Å². The molecule has 0 atom stereocenters. The van der Waals surface area contributed by atoms with Crippen LogP contribution >= 0.6 is 15.9 Å². The number of rotatable bonds is 4. The van der Waals surface area contributed by atoms with E-state index in [0.29, 0.717) is 22.3 Å². The Bertz CT molecular complexity index is 418. The highest BCUT2D eigenvalue weighted by Gasteiger charge is 2.08. The highest BCUT2D eigenvalue weighted by atomic mass is 79.9. The number of phenols is 1. The molecule has 0 fully saturated rings. The minimum atomic E-state index is -0.279. The summed E-state index contributed by atoms with van der Waals surface area (Å²) in [7, 11) is 1.45. The van der Waals surface area contributed by atoms with Crippen molar-refractivity contribution in [2.45, 2.75) is 0 Å². The van der Waals surface area contributed by atoms with Gasteiger partial charge in [0.05, 0.1) is 7.11 Å². The smallest absolute Gasteiger partial charge is 0.251 e. The predicted octanol–water partition coefficient (Wildman–Crippen LogP) is 2.04. The molecule has 2 N–H and O–H groups in total. The molecule has 0 heterocycles. The van der Waals surface area contributed by atoms with Gasteiger partial charge in [-0.15, -0.1) is 0 Å². The molecule has 1 amide bonds. The van der Waals surface area contributed by atoms with Crippen LogP contribution in [0.4, 0.5) is 0 Å². The fraction of sp³-hybridized carbons (Fsp3) is 0.182. The maximum atomic E-state index is 11.6. The Morgan fingerprint density at radius 2 is 2.31 bits per heavy atom. The number of benzene rings is 1. The maximum Gasteiger partial charge on any atom is 0.251 e. The van der Waals surface area contributed by atoms with E-state index in [1.807, 2.05) is 0 Å². The molecule has 0 aliphatic carbocycles. The molecule has 1 aromatic carbocycles. The lowest BCUT2D eigenvalue weighted by Crippen LogP contribution is -2.24. The van der Waals surface area contributed by atoms with Crippen molar-refractivity contribution in [2.75, 3.05) is 13.7 Å². The largest absolute Gasteiger partial charge is 0.504 e. The molecule has 4 nitrogen and oxygen atoms in total. The molecule has 0 aliphatic rings. The second-order valence-corrected chi connectivity index (χ2v) is 4.21. The van der Waals surface area contributed by atoms with E-state index >= 15 is 0 Å². The summed E-state index contributed by atoms with van der Waals surface area (Å²) in [5.74, 6) is -0.00665. The summed E-state index contributed by atoms with van der Waals surface area (Å²) in [5, 5.41) is 12.1. The van der Waals surface area contributed by atoms with E-state index in [1.54, 1.807) is 6.07 Å². The standard InChI is InChI=1S/C11H12BrNO3/c1-7(12)6-13-11(15)8-3-4-10(16-2)9(14)5-8/h3-5,14H,1,6H2,2H3,(H,13,15). The lowest BCUT2D eigenvalue weighted by molar-refractivity contribution is 0.0957. The number of methoxy groups -OCH3 is 1. The molecule has 5 heteroatoms. The first kappa shape index (κ1) is 12.6. The van der Waals surface area contributed by atoms with E-state index in [2.05, 4.69) is 27.8 Å². The van der Waals surface area contributed by atoms with Crippen molar-refractivity contribution >= 4 is 21.8 Å². The highest BCUT2D eigenvalue weighted by Crippen LogP contribution is 2.26. The Labute approximate surface area is 102 Å². The van der Waals surface area contributed by atoms with Gasteiger partial charge >= 0.3 is 0 Å². The number of phenolic OH excluding ortho intramolecular Hbond substituents is 1. The number of hydrogen-bond acceptors (Lipinski definition) is 3. The Hall–Kier alpha value is -1.49. The molecule has 1 aromatic rings. The van der Waals surface area contributed by atoms with E-state index in [1.165, 1.54) is 19.2 Å². The van der Waals surface area contributed by atoms with Gasteiger partial charge in [-0.3, -0.25) is 4.79 Å². The van der Waals surface area contributed by atoms with Gasteiger partial charge in [-0.25, -0.2) is 0 Å². The highest BCUT2D eigenvalue weighted by molar-refractivity contribution is 9.11. The molecular weight excluding hydrogens is 274 g/mol. The van der Waals surface area contributed by atoms with Crippen molar-refractivity contribution in [3.05, 3.63) is 34.8 Å². The van der Waals surface area contributed by atoms with Gasteiger partial charge in [-0.2, -0.15) is 0 Å². The van der Waals surface area contributed by atoms with Crippen LogP contribution in [0, 0.1) is 0 Å². The van der Waals surface area contributed by atoms with Crippen molar-refractivity contribution in [1.29, 1.82) is 0 Å². The maximum absolute atomic E-state index is 11.6. The number of halogens is 1. The molecule has 0 bridgehead atoms. The quantitative estimate of drug-likeness (QED) is 0.890. The number of carbonyl (C=O) groups is 1. The Balaban J connectivity index is 2.77. The minimum absolute atomic E-state index is 0.0622. The lowest BCUT2D eigenvalue weighted by atomic mass is 10.2. The fourth-order valence-corrected chi connectivity index (χ4v) is 1.25. The zero-order valence-electron chi connectivity index (χ0n) is 8.79. The summed E-state index contributed by atoms with van der Waals surface area (Å²) >= 11 is 3.13. The number of ether oxygens (including phenoxy) is 1. The fourth-order valence-electron chi connectivity index (χ4n) is 1.11. The van der Waals surface area contributed by atoms with E-state index in [9.17, 15) is 9.90 Å². The number of carbonyl (C=O) groups excluding carboxylic acids is 1. The summed E-state index contributed by atoms with van der Waals surface area (Å²) in [6.45, 7) is 3.94. The summed E-state index contributed by atoms with van der Waals surface area (Å²) in [6.07, 6.45) is 0. The molecule has 0 saturated carbocycles. The molecular formula is C11H12BrNO3. The van der Waals surface area contributed by atoms with Gasteiger partial charge in [0.15, 0.2) is 11.5 Å². The van der Waals surface area contributed by atoms with Gasteiger partial charge in [-0.1, -0.05) is 22.5 Å². The molecule has 0 radical (unpaired) electrons. The van der Waals surface area contributed by atoms with Gasteiger partial charge in [0.1, 0.15) is 0 Å². The van der Waals surface area contributed by atoms with Gasteiger partial charge < -0.3 is 15.2 Å². The summed E-state index contributed by atoms with van der Waals surface area (Å²) < 4.78 is 5.55. The van der Waals surface area contributed by atoms with Crippen LogP contribution in [-0.4, -0.2) is 24.7 Å². The lowest BCUT2D eigenvalue weighted by Gasteiger charge is -2.06. The zero-order valence-corrected chi connectivity index (χ0v) is 10.4. The molecule has 0 aromatic heterocycles. The third-order valence-corrected chi connectivity index (χ3v) is 2.16. The topological polar surface area (TPSA) is 58.6 Å². The van der Waals surface area contributed by atoms with Crippen molar-refractivity contribution in [3.63, 3.8) is 0 Å². The molecule has 86 valence electrons. The zero-order chi connectivity index (χ0) is 12.1. The van der Waals surface area contributed by atoms with Crippen molar-refractivity contribution in [1.82, 2.24) is 5.32 Å². The molecule has 16 heavy (non-hydrogen) atoms. The van der Waals surface area contributed by atoms with Crippen LogP contribution in [0.15, 0.2) is 29.3 Å². The first-order valence-electron chi connectivity index (χ1n) is 4.53. The number of aromatic hydroxyl groups is 1. The average molecular weight is 286 g/mol. The van der Waals surface area contributed by atoms with E-state index < -0.39 is 0 Å². The summed E-state index contributed by atoms with van der Waals surface area (Å²) in [5.41, 5.74) is 0.368. The first-order chi connectivity index (χ1) is 7.54. The Kier molecular flexibility index (Phi) is 4.37. The van der Waals surface area contributed by atoms with Gasteiger partial charge in [-0.05, 0) is 18.2 Å². The van der Waals surface area contributed by atoms with E-state index in [0.717, 1.165) is 0 Å². The van der Waals surface area contributed by atoms with Crippen LogP contribution in [0.1, 0.15) is 10.4 Å². The monoisotopic (exact) mass is 285 g/mol. The molecule has 0 saturated heterocycles. The second kappa shape index (κ2) is 5.55. The second-order valence-electron chi connectivity index (χ2n) is 3.09. The van der Waals surface area contributed by atoms with Crippen molar-refractivity contribution in [2.24, 2.45) is 0 Å². The van der Waals surface area contributed by atoms with Crippen LogP contribution in [0.2, 0.25) is 0 Å². The average Bonchev–Trinajstić information content (AvgIpc) is 2.25. The molecule has 0 spiro atoms. The van der Waals surface area contributed by atoms with Crippen LogP contribution < -0.4 is 10.1 Å². The van der Waals surface area contributed by atoms with Gasteiger partial charge in [0.2, 0.25) is 0 Å². The summed E-state index contributed by atoms with van der Waals surface area (Å²) in [4.78, 5) is 11.6. The van der Waals surface area contributed by atoms with Crippen molar-refractivity contribution in [3.8, 4) is 11.5 Å². The molecule has 0 unspecified atom stereocenters. The van der Waals surface area contributed by atoms with Crippen LogP contribution in [0.5, 0.6) is 11.5 Å². The number of hydrogen-bond donors (Lipinski definition) is 2. The van der Waals surface area contributed by atoms with Crippen LogP contribution in [-0.2, 0) is 0 Å². The molecule has 1 rings (SSSR count). The van der Waals surface area contributed by atoms with Crippen LogP contribution in [0.3, 0.4) is 0 Å². The van der Waals surface area contributed by atoms with Crippen molar-refractivity contribution < 1.29 is 14.6 Å². The van der Waals surface area contributed by atoms with E-state index in [4.69, 9.17) is 4.74 Å². The Morgan fingerprint density at radius 1 is 1.62 bits per heavy atom. The molecule has 0 aliphatic heterocycles. The van der Waals surface area contributed by atoms with E-state index in [-0.39, 0.29) is 11.7 Å². The number of nitrogens with one attached hydrogen (secondary N) is 1. The minimum Gasteiger partial charge on any atom is -0.504 e. The summed E-state index contributed by atoms with van der Waals surface area (Å²) in [6, 6.07) is 4.46. The third-order valence-electron chi connectivity index (χ3n) is 1.88. The predicted molar refractivity (Wildman–Crippen MR) is 65.1 cm³/mol.